The zero-order valence-corrected chi connectivity index (χ0v) is 18.2. The number of hydrogen-bond acceptors (Lipinski definition) is 8. The Kier molecular flexibility index (Phi) is 16.8. The number of nitrogens with two attached hydrogens (primary N) is 2. The molecule has 0 unspecified atom stereocenters. The molecule has 0 heterocycles. The maximum absolute atomic E-state index is 12.1. The second kappa shape index (κ2) is 17.9. The molecule has 0 aromatic carbocycles. The van der Waals surface area contributed by atoms with Gasteiger partial charge in [-0.15, -0.1) is 0 Å². The normalized spacial score (nSPS) is 12.6. The molecule has 0 aliphatic carbocycles. The fraction of sp³-hybridized carbons (Fsp3) is 0.778. The van der Waals surface area contributed by atoms with Crippen LogP contribution in [0.5, 0.6) is 0 Å². The summed E-state index contributed by atoms with van der Waals surface area (Å²) in [6.07, 6.45) is 3.79. The monoisotopic (exact) mass is 448 g/mol. The number of aliphatic carboxylic acids is 1. The summed E-state index contributed by atoms with van der Waals surface area (Å²) >= 11 is 4.02. The highest BCUT2D eigenvalue weighted by atomic mass is 32.1. The van der Waals surface area contributed by atoms with Crippen LogP contribution in [0.25, 0.3) is 0 Å². The maximum atomic E-state index is 12.1. The molecule has 0 bridgehead atoms. The highest BCUT2D eigenvalue weighted by Gasteiger charge is 2.21. The lowest BCUT2D eigenvalue weighted by Crippen LogP contribution is -2.50. The van der Waals surface area contributed by atoms with Crippen LogP contribution in [-0.4, -0.2) is 79.4 Å². The van der Waals surface area contributed by atoms with Crippen molar-refractivity contribution in [3.8, 4) is 0 Å². The number of thiol groups is 1. The molecule has 3 amide bonds. The van der Waals surface area contributed by atoms with E-state index in [9.17, 15) is 19.2 Å². The van der Waals surface area contributed by atoms with E-state index in [4.69, 9.17) is 16.6 Å². The standard InChI is InChI=1S/C18H36N6O5S/c19-7-2-1-3-8-21-9-4-10-22-16(26)11-23-17(27)14(12-30)24-15(25)6-5-13(20)18(28)29/h13-14,21,30H,1-12,19-20H2,(H,22,26)(H,23,27)(H,24,25)(H,28,29)/t13-,14-/m0/s1. The molecule has 0 fully saturated rings. The summed E-state index contributed by atoms with van der Waals surface area (Å²) in [6.45, 7) is 2.69. The van der Waals surface area contributed by atoms with Gasteiger partial charge in [0.15, 0.2) is 0 Å². The van der Waals surface area contributed by atoms with Gasteiger partial charge in [0.05, 0.1) is 6.54 Å². The van der Waals surface area contributed by atoms with Crippen LogP contribution in [0.4, 0.5) is 0 Å². The van der Waals surface area contributed by atoms with Gasteiger partial charge in [0, 0.05) is 18.7 Å². The lowest BCUT2D eigenvalue weighted by Gasteiger charge is -2.17. The Morgan fingerprint density at radius 2 is 1.63 bits per heavy atom. The third-order valence-electron chi connectivity index (χ3n) is 4.17. The molecule has 2 atom stereocenters. The summed E-state index contributed by atoms with van der Waals surface area (Å²) in [7, 11) is 0. The van der Waals surface area contributed by atoms with Crippen LogP contribution in [0.1, 0.15) is 38.5 Å². The van der Waals surface area contributed by atoms with Crippen molar-refractivity contribution < 1.29 is 24.3 Å². The van der Waals surface area contributed by atoms with Crippen molar-refractivity contribution in [3.05, 3.63) is 0 Å². The Balaban J connectivity index is 3.92. The predicted molar refractivity (Wildman–Crippen MR) is 117 cm³/mol. The first-order valence-corrected chi connectivity index (χ1v) is 10.8. The summed E-state index contributed by atoms with van der Waals surface area (Å²) in [6, 6.07) is -2.08. The van der Waals surface area contributed by atoms with E-state index in [1.807, 2.05) is 0 Å². The van der Waals surface area contributed by atoms with Crippen molar-refractivity contribution >= 4 is 36.3 Å². The molecule has 0 rings (SSSR count). The molecule has 0 aromatic rings. The molecule has 0 saturated heterocycles. The molecular formula is C18H36N6O5S. The van der Waals surface area contributed by atoms with Gasteiger partial charge in [-0.2, -0.15) is 12.6 Å². The van der Waals surface area contributed by atoms with E-state index in [-0.39, 0.29) is 31.0 Å². The van der Waals surface area contributed by atoms with Crippen LogP contribution in [0, 0.1) is 0 Å². The van der Waals surface area contributed by atoms with Crippen molar-refractivity contribution in [1.82, 2.24) is 21.3 Å². The van der Waals surface area contributed by atoms with E-state index in [0.29, 0.717) is 13.1 Å². The summed E-state index contributed by atoms with van der Waals surface area (Å²) in [5.41, 5.74) is 10.8. The van der Waals surface area contributed by atoms with Gasteiger partial charge in [-0.05, 0) is 45.3 Å². The van der Waals surface area contributed by atoms with Crippen LogP contribution in [0.15, 0.2) is 0 Å². The lowest BCUT2D eigenvalue weighted by molar-refractivity contribution is -0.138. The van der Waals surface area contributed by atoms with Crippen LogP contribution in [0.3, 0.4) is 0 Å². The van der Waals surface area contributed by atoms with Crippen molar-refractivity contribution in [2.24, 2.45) is 11.5 Å². The molecule has 0 radical (unpaired) electrons. The van der Waals surface area contributed by atoms with Crippen molar-refractivity contribution in [2.45, 2.75) is 50.6 Å². The van der Waals surface area contributed by atoms with E-state index in [0.717, 1.165) is 38.8 Å². The zero-order valence-electron chi connectivity index (χ0n) is 17.3. The highest BCUT2D eigenvalue weighted by Crippen LogP contribution is 1.97. The van der Waals surface area contributed by atoms with Crippen molar-refractivity contribution in [1.29, 1.82) is 0 Å². The van der Waals surface area contributed by atoms with E-state index in [1.54, 1.807) is 0 Å². The number of carboxylic acid groups (broad SMARTS) is 1. The Hall–Kier alpha value is -1.89. The lowest BCUT2D eigenvalue weighted by atomic mass is 10.1. The van der Waals surface area contributed by atoms with Gasteiger partial charge in [-0.3, -0.25) is 19.2 Å². The Morgan fingerprint density at radius 1 is 0.933 bits per heavy atom. The van der Waals surface area contributed by atoms with E-state index >= 15 is 0 Å². The van der Waals surface area contributed by atoms with Gasteiger partial charge in [-0.1, -0.05) is 6.42 Å². The number of nitrogens with one attached hydrogen (secondary N) is 4. The van der Waals surface area contributed by atoms with Gasteiger partial charge >= 0.3 is 5.97 Å². The SMILES string of the molecule is NCCCCCNCCCNC(=O)CNC(=O)[C@H](CS)NC(=O)CC[C@H](N)C(=O)O. The molecule has 0 aliphatic heterocycles. The first kappa shape index (κ1) is 28.1. The molecule has 9 N–H and O–H groups in total. The van der Waals surface area contributed by atoms with E-state index in [2.05, 4.69) is 33.9 Å². The van der Waals surface area contributed by atoms with Gasteiger partial charge < -0.3 is 37.8 Å². The molecule has 30 heavy (non-hydrogen) atoms. The molecule has 0 spiro atoms. The van der Waals surface area contributed by atoms with Crippen LogP contribution in [0.2, 0.25) is 0 Å². The zero-order chi connectivity index (χ0) is 22.8. The van der Waals surface area contributed by atoms with Crippen molar-refractivity contribution in [3.63, 3.8) is 0 Å². The second-order valence-electron chi connectivity index (χ2n) is 6.81. The van der Waals surface area contributed by atoms with E-state index < -0.39 is 29.9 Å². The average molecular weight is 449 g/mol. The maximum Gasteiger partial charge on any atom is 0.320 e. The number of carbonyl (C=O) groups excluding carboxylic acids is 3. The molecule has 11 nitrogen and oxygen atoms in total. The first-order chi connectivity index (χ1) is 14.3. The van der Waals surface area contributed by atoms with Gasteiger partial charge in [0.25, 0.3) is 0 Å². The molecule has 0 saturated carbocycles. The third-order valence-corrected chi connectivity index (χ3v) is 4.53. The number of carboxylic acids is 1. The summed E-state index contributed by atoms with van der Waals surface area (Å²) < 4.78 is 0. The summed E-state index contributed by atoms with van der Waals surface area (Å²) in [5.74, 6) is -2.56. The number of unbranched alkanes of at least 4 members (excludes halogenated alkanes) is 2. The number of rotatable bonds is 18. The van der Waals surface area contributed by atoms with Gasteiger partial charge in [0.1, 0.15) is 12.1 Å². The average Bonchev–Trinajstić information content (AvgIpc) is 2.72. The van der Waals surface area contributed by atoms with Crippen LogP contribution in [-0.2, 0) is 19.2 Å². The first-order valence-electron chi connectivity index (χ1n) is 10.2. The quantitative estimate of drug-likeness (QED) is 0.0867. The van der Waals surface area contributed by atoms with Gasteiger partial charge in [-0.25, -0.2) is 0 Å². The highest BCUT2D eigenvalue weighted by molar-refractivity contribution is 7.80. The molecule has 174 valence electrons. The third kappa shape index (κ3) is 15.0. The topological polar surface area (TPSA) is 189 Å². The molecular weight excluding hydrogens is 412 g/mol. The van der Waals surface area contributed by atoms with Crippen LogP contribution < -0.4 is 32.7 Å². The van der Waals surface area contributed by atoms with E-state index in [1.165, 1.54) is 0 Å². The largest absolute Gasteiger partial charge is 0.480 e. The number of amides is 3. The fourth-order valence-corrected chi connectivity index (χ4v) is 2.62. The number of carbonyl (C=O) groups is 4. The summed E-state index contributed by atoms with van der Waals surface area (Å²) in [5, 5.41) is 19.6. The molecule has 0 aliphatic rings. The van der Waals surface area contributed by atoms with Crippen LogP contribution >= 0.6 is 12.6 Å². The smallest absolute Gasteiger partial charge is 0.320 e. The van der Waals surface area contributed by atoms with Crippen molar-refractivity contribution in [2.75, 3.05) is 38.5 Å². The molecule has 0 aromatic heterocycles. The Morgan fingerprint density at radius 3 is 2.27 bits per heavy atom. The van der Waals surface area contributed by atoms with Gasteiger partial charge in [0.2, 0.25) is 17.7 Å². The molecule has 12 heteroatoms. The minimum atomic E-state index is -1.20. The minimum Gasteiger partial charge on any atom is -0.480 e. The Labute approximate surface area is 182 Å². The predicted octanol–water partition coefficient (Wildman–Crippen LogP) is -2.07. The Bertz CT molecular complexity index is 537. The fourth-order valence-electron chi connectivity index (χ4n) is 2.36. The minimum absolute atomic E-state index is 0.0289. The second-order valence-corrected chi connectivity index (χ2v) is 7.17. The number of hydrogen-bond donors (Lipinski definition) is 8. The summed E-state index contributed by atoms with van der Waals surface area (Å²) in [4.78, 5) is 46.4.